The van der Waals surface area contributed by atoms with Crippen LogP contribution in [-0.2, 0) is 0 Å². The van der Waals surface area contributed by atoms with E-state index >= 15 is 0 Å². The van der Waals surface area contributed by atoms with Gasteiger partial charge in [0.15, 0.2) is 6.29 Å². The molecule has 0 spiro atoms. The molecule has 2 aromatic rings. The second-order valence-electron chi connectivity index (χ2n) is 3.88. The maximum atomic E-state index is 10.7. The molecule has 0 aliphatic carbocycles. The third-order valence-electron chi connectivity index (χ3n) is 2.56. The van der Waals surface area contributed by atoms with Crippen molar-refractivity contribution in [1.29, 1.82) is 0 Å². The molecule has 0 atom stereocenters. The summed E-state index contributed by atoms with van der Waals surface area (Å²) in [5.41, 5.74) is 2.78. The number of carbonyl (C=O) groups is 2. The molecule has 2 nitrogen and oxygen atoms in total. The summed E-state index contributed by atoms with van der Waals surface area (Å²) >= 11 is 4.22. The third kappa shape index (κ3) is 3.34. The smallest absolute Gasteiger partial charge is 0.151 e. The first-order valence-electron chi connectivity index (χ1n) is 5.58. The van der Waals surface area contributed by atoms with Crippen molar-refractivity contribution in [2.45, 2.75) is 4.90 Å². The van der Waals surface area contributed by atoms with Gasteiger partial charge in [0.2, 0.25) is 0 Å². The molecule has 0 N–H and O–H groups in total. The van der Waals surface area contributed by atoms with Gasteiger partial charge in [0.25, 0.3) is 0 Å². The number of aldehydes is 2. The molecule has 0 aromatic heterocycles. The van der Waals surface area contributed by atoms with Crippen LogP contribution in [0.3, 0.4) is 0 Å². The standard InChI is InChI=1S/C16H10O2S/c17-10-14-5-2-12(3-6-14)1-4-13-7-8-15(11-18)16(19)9-13/h2-3,5-11,19H. The van der Waals surface area contributed by atoms with E-state index in [1.807, 2.05) is 0 Å². The lowest BCUT2D eigenvalue weighted by Crippen LogP contribution is -1.84. The van der Waals surface area contributed by atoms with Crippen LogP contribution >= 0.6 is 12.6 Å². The normalized spacial score (nSPS) is 9.32. The monoisotopic (exact) mass is 266 g/mol. The highest BCUT2D eigenvalue weighted by Gasteiger charge is 1.97. The van der Waals surface area contributed by atoms with Gasteiger partial charge in [0.05, 0.1) is 0 Å². The van der Waals surface area contributed by atoms with Gasteiger partial charge in [-0.2, -0.15) is 0 Å². The molecule has 0 amide bonds. The topological polar surface area (TPSA) is 34.1 Å². The molecule has 0 bridgehead atoms. The van der Waals surface area contributed by atoms with E-state index < -0.39 is 0 Å². The second kappa shape index (κ2) is 6.03. The van der Waals surface area contributed by atoms with Gasteiger partial charge in [-0.15, -0.1) is 12.6 Å². The minimum Gasteiger partial charge on any atom is -0.298 e. The van der Waals surface area contributed by atoms with Crippen molar-refractivity contribution in [3.63, 3.8) is 0 Å². The van der Waals surface area contributed by atoms with Gasteiger partial charge in [-0.1, -0.05) is 24.0 Å². The molecular formula is C16H10O2S. The molecule has 0 aliphatic heterocycles. The van der Waals surface area contributed by atoms with Crippen LogP contribution in [0.5, 0.6) is 0 Å². The van der Waals surface area contributed by atoms with E-state index in [1.165, 1.54) is 0 Å². The molecule has 0 saturated heterocycles. The van der Waals surface area contributed by atoms with E-state index in [2.05, 4.69) is 24.5 Å². The number of rotatable bonds is 2. The van der Waals surface area contributed by atoms with Gasteiger partial charge in [-0.05, 0) is 30.3 Å². The average Bonchev–Trinajstić information content (AvgIpc) is 2.46. The molecule has 0 unspecified atom stereocenters. The van der Waals surface area contributed by atoms with E-state index in [1.54, 1.807) is 42.5 Å². The summed E-state index contributed by atoms with van der Waals surface area (Å²) in [6.07, 6.45) is 1.56. The Labute approximate surface area is 116 Å². The number of carbonyl (C=O) groups excluding carboxylic acids is 2. The third-order valence-corrected chi connectivity index (χ3v) is 2.94. The molecule has 2 aromatic carbocycles. The van der Waals surface area contributed by atoms with Gasteiger partial charge >= 0.3 is 0 Å². The number of thiol groups is 1. The van der Waals surface area contributed by atoms with Crippen LogP contribution in [0.1, 0.15) is 31.8 Å². The predicted molar refractivity (Wildman–Crippen MR) is 76.9 cm³/mol. The fourth-order valence-corrected chi connectivity index (χ4v) is 1.78. The summed E-state index contributed by atoms with van der Waals surface area (Å²) in [5, 5.41) is 0. The summed E-state index contributed by atoms with van der Waals surface area (Å²) in [5.74, 6) is 5.98. The average molecular weight is 266 g/mol. The van der Waals surface area contributed by atoms with Gasteiger partial charge < -0.3 is 0 Å². The number of benzene rings is 2. The maximum Gasteiger partial charge on any atom is 0.151 e. The highest BCUT2D eigenvalue weighted by atomic mass is 32.1. The van der Waals surface area contributed by atoms with E-state index in [9.17, 15) is 9.59 Å². The van der Waals surface area contributed by atoms with E-state index in [0.717, 1.165) is 23.7 Å². The lowest BCUT2D eigenvalue weighted by molar-refractivity contribution is 0.111. The van der Waals surface area contributed by atoms with Crippen molar-refractivity contribution in [3.05, 3.63) is 64.7 Å². The van der Waals surface area contributed by atoms with Crippen molar-refractivity contribution in [3.8, 4) is 11.8 Å². The Kier molecular flexibility index (Phi) is 4.17. The van der Waals surface area contributed by atoms with Crippen molar-refractivity contribution in [1.82, 2.24) is 0 Å². The Morgan fingerprint density at radius 1 is 0.842 bits per heavy atom. The molecule has 19 heavy (non-hydrogen) atoms. The fraction of sp³-hybridized carbons (Fsp3) is 0. The van der Waals surface area contributed by atoms with Gasteiger partial charge in [0.1, 0.15) is 6.29 Å². The number of hydrogen-bond donors (Lipinski definition) is 1. The van der Waals surface area contributed by atoms with Crippen molar-refractivity contribution in [2.24, 2.45) is 0 Å². The lowest BCUT2D eigenvalue weighted by atomic mass is 10.1. The van der Waals surface area contributed by atoms with Crippen molar-refractivity contribution < 1.29 is 9.59 Å². The Morgan fingerprint density at radius 3 is 2.05 bits per heavy atom. The zero-order chi connectivity index (χ0) is 13.7. The molecule has 0 fully saturated rings. The minimum absolute atomic E-state index is 0.546. The molecule has 92 valence electrons. The van der Waals surface area contributed by atoms with E-state index in [0.29, 0.717) is 16.0 Å². The van der Waals surface area contributed by atoms with Crippen LogP contribution in [0.2, 0.25) is 0 Å². The molecule has 0 heterocycles. The molecule has 2 rings (SSSR count). The Hall–Kier alpha value is -2.31. The summed E-state index contributed by atoms with van der Waals surface area (Å²) in [4.78, 5) is 21.8. The molecule has 0 aliphatic rings. The SMILES string of the molecule is O=Cc1ccc(C#Cc2ccc(C=O)c(S)c2)cc1. The lowest BCUT2D eigenvalue weighted by Gasteiger charge is -1.97. The Bertz CT molecular complexity index is 676. The second-order valence-corrected chi connectivity index (χ2v) is 4.36. The molecular weight excluding hydrogens is 256 g/mol. The molecule has 3 heteroatoms. The minimum atomic E-state index is 0.546. The maximum absolute atomic E-state index is 10.7. The van der Waals surface area contributed by atoms with Crippen LogP contribution in [-0.4, -0.2) is 12.6 Å². The highest BCUT2D eigenvalue weighted by molar-refractivity contribution is 7.80. The first-order chi connectivity index (χ1) is 9.22. The fourth-order valence-electron chi connectivity index (χ4n) is 1.51. The van der Waals surface area contributed by atoms with Gasteiger partial charge in [-0.25, -0.2) is 0 Å². The Morgan fingerprint density at radius 2 is 1.47 bits per heavy atom. The molecule has 0 radical (unpaired) electrons. The van der Waals surface area contributed by atoms with Crippen molar-refractivity contribution in [2.75, 3.05) is 0 Å². The predicted octanol–water partition coefficient (Wildman–Crippen LogP) is 3.00. The zero-order valence-electron chi connectivity index (χ0n) is 9.96. The first kappa shape index (κ1) is 13.1. The van der Waals surface area contributed by atoms with Crippen LogP contribution in [0.25, 0.3) is 0 Å². The summed E-state index contributed by atoms with van der Waals surface area (Å²) in [6, 6.07) is 12.2. The summed E-state index contributed by atoms with van der Waals surface area (Å²) in [7, 11) is 0. The summed E-state index contributed by atoms with van der Waals surface area (Å²) in [6.45, 7) is 0. The van der Waals surface area contributed by atoms with E-state index in [-0.39, 0.29) is 0 Å². The number of hydrogen-bond acceptors (Lipinski definition) is 3. The quantitative estimate of drug-likeness (QED) is 0.515. The van der Waals surface area contributed by atoms with Gasteiger partial charge in [0, 0.05) is 27.1 Å². The van der Waals surface area contributed by atoms with Gasteiger partial charge in [-0.3, -0.25) is 9.59 Å². The van der Waals surface area contributed by atoms with Crippen LogP contribution < -0.4 is 0 Å². The first-order valence-corrected chi connectivity index (χ1v) is 6.03. The Balaban J connectivity index is 2.25. The van der Waals surface area contributed by atoms with Crippen LogP contribution in [0.15, 0.2) is 47.4 Å². The largest absolute Gasteiger partial charge is 0.298 e. The zero-order valence-corrected chi connectivity index (χ0v) is 10.9. The van der Waals surface area contributed by atoms with Crippen LogP contribution in [0.4, 0.5) is 0 Å². The molecule has 0 saturated carbocycles. The van der Waals surface area contributed by atoms with Crippen molar-refractivity contribution >= 4 is 25.2 Å². The van der Waals surface area contributed by atoms with E-state index in [4.69, 9.17) is 0 Å². The highest BCUT2D eigenvalue weighted by Crippen LogP contribution is 2.13. The summed E-state index contributed by atoms with van der Waals surface area (Å²) < 4.78 is 0. The van der Waals surface area contributed by atoms with Crippen LogP contribution in [0, 0.1) is 11.8 Å².